The van der Waals surface area contributed by atoms with Crippen LogP contribution in [-0.4, -0.2) is 16.9 Å². The van der Waals surface area contributed by atoms with Gasteiger partial charge in [-0.05, 0) is 37.6 Å². The SMILES string of the molecule is CC(CCc1ccco1)Nc1ccc(C(N)=O)cn1. The maximum Gasteiger partial charge on any atom is 0.250 e. The molecule has 0 aliphatic rings. The zero-order valence-corrected chi connectivity index (χ0v) is 10.8. The van der Waals surface area contributed by atoms with Gasteiger partial charge in [-0.1, -0.05) is 0 Å². The predicted octanol–water partition coefficient (Wildman–Crippen LogP) is 2.21. The second-order valence-corrected chi connectivity index (χ2v) is 4.46. The molecule has 2 rings (SSSR count). The zero-order chi connectivity index (χ0) is 13.7. The largest absolute Gasteiger partial charge is 0.469 e. The number of aryl methyl sites for hydroxylation is 1. The van der Waals surface area contributed by atoms with Gasteiger partial charge >= 0.3 is 0 Å². The third kappa shape index (κ3) is 3.84. The van der Waals surface area contributed by atoms with Gasteiger partial charge in [0.15, 0.2) is 0 Å². The summed E-state index contributed by atoms with van der Waals surface area (Å²) in [5, 5.41) is 3.27. The second kappa shape index (κ2) is 6.04. The number of hydrogen-bond donors (Lipinski definition) is 2. The van der Waals surface area contributed by atoms with Gasteiger partial charge in [-0.2, -0.15) is 0 Å². The van der Waals surface area contributed by atoms with Gasteiger partial charge in [-0.3, -0.25) is 4.79 Å². The highest BCUT2D eigenvalue weighted by molar-refractivity contribution is 5.92. The lowest BCUT2D eigenvalue weighted by Crippen LogP contribution is -2.17. The molecule has 0 saturated heterocycles. The fourth-order valence-electron chi connectivity index (χ4n) is 1.76. The molecule has 2 aromatic rings. The van der Waals surface area contributed by atoms with Crippen molar-refractivity contribution in [3.05, 3.63) is 48.0 Å². The van der Waals surface area contributed by atoms with E-state index >= 15 is 0 Å². The van der Waals surface area contributed by atoms with Gasteiger partial charge < -0.3 is 15.5 Å². The first-order valence-corrected chi connectivity index (χ1v) is 6.20. The summed E-state index contributed by atoms with van der Waals surface area (Å²) in [5.41, 5.74) is 5.57. The Morgan fingerprint density at radius 2 is 2.32 bits per heavy atom. The molecule has 0 aliphatic heterocycles. The van der Waals surface area contributed by atoms with Crippen LogP contribution in [0.5, 0.6) is 0 Å². The van der Waals surface area contributed by atoms with Gasteiger partial charge in [-0.25, -0.2) is 4.98 Å². The Bertz CT molecular complexity index is 520. The Hall–Kier alpha value is -2.30. The lowest BCUT2D eigenvalue weighted by Gasteiger charge is -2.13. The summed E-state index contributed by atoms with van der Waals surface area (Å²) in [6.45, 7) is 2.08. The Labute approximate surface area is 111 Å². The van der Waals surface area contributed by atoms with Crippen molar-refractivity contribution < 1.29 is 9.21 Å². The van der Waals surface area contributed by atoms with E-state index in [4.69, 9.17) is 10.2 Å². The van der Waals surface area contributed by atoms with E-state index in [-0.39, 0.29) is 6.04 Å². The molecule has 1 unspecified atom stereocenters. The lowest BCUT2D eigenvalue weighted by atomic mass is 10.1. The topological polar surface area (TPSA) is 81.1 Å². The molecule has 5 heteroatoms. The molecule has 100 valence electrons. The number of carbonyl (C=O) groups is 1. The number of primary amides is 1. The maximum absolute atomic E-state index is 10.9. The van der Waals surface area contributed by atoms with Gasteiger partial charge in [0.05, 0.1) is 11.8 Å². The Balaban J connectivity index is 1.84. The summed E-state index contributed by atoms with van der Waals surface area (Å²) in [6, 6.07) is 7.53. The average Bonchev–Trinajstić information content (AvgIpc) is 2.90. The summed E-state index contributed by atoms with van der Waals surface area (Å²) in [5.74, 6) is 1.24. The van der Waals surface area contributed by atoms with Gasteiger partial charge in [0.1, 0.15) is 11.6 Å². The minimum atomic E-state index is -0.468. The molecule has 2 aromatic heterocycles. The van der Waals surface area contributed by atoms with E-state index in [2.05, 4.69) is 17.2 Å². The number of carbonyl (C=O) groups excluding carboxylic acids is 1. The Morgan fingerprint density at radius 1 is 1.47 bits per heavy atom. The molecule has 0 aliphatic carbocycles. The number of nitrogens with zero attached hydrogens (tertiary/aromatic N) is 1. The van der Waals surface area contributed by atoms with Crippen molar-refractivity contribution >= 4 is 11.7 Å². The van der Waals surface area contributed by atoms with E-state index in [9.17, 15) is 4.79 Å². The smallest absolute Gasteiger partial charge is 0.250 e. The fraction of sp³-hybridized carbons (Fsp3) is 0.286. The van der Waals surface area contributed by atoms with Gasteiger partial charge in [0, 0.05) is 18.7 Å². The van der Waals surface area contributed by atoms with Crippen LogP contribution in [0.3, 0.4) is 0 Å². The van der Waals surface area contributed by atoms with Crippen LogP contribution in [0.2, 0.25) is 0 Å². The number of aromatic nitrogens is 1. The van der Waals surface area contributed by atoms with E-state index in [1.165, 1.54) is 6.20 Å². The van der Waals surface area contributed by atoms with Gasteiger partial charge in [0.25, 0.3) is 0 Å². The zero-order valence-electron chi connectivity index (χ0n) is 10.8. The quantitative estimate of drug-likeness (QED) is 0.833. The molecule has 3 N–H and O–H groups in total. The molecule has 0 saturated carbocycles. The van der Waals surface area contributed by atoms with Crippen LogP contribution in [-0.2, 0) is 6.42 Å². The van der Waals surface area contributed by atoms with Crippen LogP contribution in [0.15, 0.2) is 41.1 Å². The molecule has 2 heterocycles. The highest BCUT2D eigenvalue weighted by atomic mass is 16.3. The van der Waals surface area contributed by atoms with E-state index < -0.39 is 5.91 Å². The first kappa shape index (κ1) is 13.1. The molecule has 5 nitrogen and oxygen atoms in total. The fourth-order valence-corrected chi connectivity index (χ4v) is 1.76. The molecular formula is C14H17N3O2. The van der Waals surface area contributed by atoms with Crippen LogP contribution >= 0.6 is 0 Å². The number of nitrogens with two attached hydrogens (primary N) is 1. The van der Waals surface area contributed by atoms with Crippen molar-refractivity contribution in [3.8, 4) is 0 Å². The highest BCUT2D eigenvalue weighted by Gasteiger charge is 2.06. The summed E-state index contributed by atoms with van der Waals surface area (Å²) >= 11 is 0. The van der Waals surface area contributed by atoms with Crippen molar-refractivity contribution in [2.45, 2.75) is 25.8 Å². The van der Waals surface area contributed by atoms with E-state index in [0.29, 0.717) is 5.56 Å². The van der Waals surface area contributed by atoms with E-state index in [1.54, 1.807) is 18.4 Å². The molecule has 1 atom stereocenters. The third-order valence-electron chi connectivity index (χ3n) is 2.85. The molecule has 0 aromatic carbocycles. The van der Waals surface area contributed by atoms with Crippen molar-refractivity contribution in [3.63, 3.8) is 0 Å². The third-order valence-corrected chi connectivity index (χ3v) is 2.85. The van der Waals surface area contributed by atoms with Crippen molar-refractivity contribution in [1.29, 1.82) is 0 Å². The van der Waals surface area contributed by atoms with Crippen molar-refractivity contribution in [2.75, 3.05) is 5.32 Å². The molecule has 0 fully saturated rings. The van der Waals surface area contributed by atoms with Gasteiger partial charge in [0.2, 0.25) is 5.91 Å². The van der Waals surface area contributed by atoms with Crippen LogP contribution < -0.4 is 11.1 Å². The van der Waals surface area contributed by atoms with Crippen molar-refractivity contribution in [2.24, 2.45) is 5.73 Å². The van der Waals surface area contributed by atoms with Crippen molar-refractivity contribution in [1.82, 2.24) is 4.98 Å². The average molecular weight is 259 g/mol. The summed E-state index contributed by atoms with van der Waals surface area (Å²) in [7, 11) is 0. The number of hydrogen-bond acceptors (Lipinski definition) is 4. The predicted molar refractivity (Wildman–Crippen MR) is 72.9 cm³/mol. The molecule has 0 bridgehead atoms. The van der Waals surface area contributed by atoms with Crippen LogP contribution in [0.25, 0.3) is 0 Å². The Kier molecular flexibility index (Phi) is 4.18. The molecular weight excluding hydrogens is 242 g/mol. The van der Waals surface area contributed by atoms with Gasteiger partial charge in [-0.15, -0.1) is 0 Å². The minimum absolute atomic E-state index is 0.261. The summed E-state index contributed by atoms with van der Waals surface area (Å²) in [4.78, 5) is 15.1. The van der Waals surface area contributed by atoms with Crippen LogP contribution in [0, 0.1) is 0 Å². The number of rotatable bonds is 6. The standard InChI is InChI=1S/C14H17N3O2/c1-10(4-6-12-3-2-8-19-12)17-13-7-5-11(9-16-13)14(15)18/h2-3,5,7-10H,4,6H2,1H3,(H2,15,18)(H,16,17). The molecule has 19 heavy (non-hydrogen) atoms. The minimum Gasteiger partial charge on any atom is -0.469 e. The lowest BCUT2D eigenvalue weighted by molar-refractivity contribution is 0.1000. The summed E-state index contributed by atoms with van der Waals surface area (Å²) < 4.78 is 5.28. The Morgan fingerprint density at radius 3 is 2.89 bits per heavy atom. The molecule has 0 spiro atoms. The first-order chi connectivity index (χ1) is 9.15. The van der Waals surface area contributed by atoms with Crippen LogP contribution in [0.1, 0.15) is 29.5 Å². The normalized spacial score (nSPS) is 12.1. The number of pyridine rings is 1. The number of amides is 1. The highest BCUT2D eigenvalue weighted by Crippen LogP contribution is 2.10. The number of furan rings is 1. The first-order valence-electron chi connectivity index (χ1n) is 6.20. The second-order valence-electron chi connectivity index (χ2n) is 4.46. The monoisotopic (exact) mass is 259 g/mol. The number of nitrogens with one attached hydrogen (secondary N) is 1. The molecule has 1 amide bonds. The van der Waals surface area contributed by atoms with E-state index in [1.807, 2.05) is 12.1 Å². The van der Waals surface area contributed by atoms with Crippen LogP contribution in [0.4, 0.5) is 5.82 Å². The number of anilines is 1. The molecule has 0 radical (unpaired) electrons. The summed E-state index contributed by atoms with van der Waals surface area (Å²) in [6.07, 6.45) is 4.97. The van der Waals surface area contributed by atoms with E-state index in [0.717, 1.165) is 24.4 Å². The maximum atomic E-state index is 10.9.